The van der Waals surface area contributed by atoms with Crippen LogP contribution in [0.25, 0.3) is 0 Å². The summed E-state index contributed by atoms with van der Waals surface area (Å²) in [6.07, 6.45) is 1.60. The van der Waals surface area contributed by atoms with Crippen molar-refractivity contribution in [1.82, 2.24) is 19.3 Å². The van der Waals surface area contributed by atoms with E-state index in [9.17, 15) is 17.2 Å². The first-order chi connectivity index (χ1) is 12.2. The summed E-state index contributed by atoms with van der Waals surface area (Å²) in [5.41, 5.74) is 0.627. The second-order valence-electron chi connectivity index (χ2n) is 6.38. The zero-order chi connectivity index (χ0) is 18.9. The highest BCUT2D eigenvalue weighted by molar-refractivity contribution is 7.88. The zero-order valence-electron chi connectivity index (χ0n) is 14.5. The zero-order valence-corrected chi connectivity index (χ0v) is 15.3. The third-order valence-electron chi connectivity index (χ3n) is 4.35. The molecule has 1 aromatic heterocycles. The SMILES string of the molecule is Cc1noc(C2CCN(Cc3ccc(F)c(F)c3)CCN2S(C)(=O)=O)n1. The molecule has 142 valence electrons. The van der Waals surface area contributed by atoms with E-state index in [4.69, 9.17) is 4.52 Å². The summed E-state index contributed by atoms with van der Waals surface area (Å²) in [5.74, 6) is -1.08. The number of halogens is 2. The van der Waals surface area contributed by atoms with Gasteiger partial charge in [0.2, 0.25) is 15.9 Å². The lowest BCUT2D eigenvalue weighted by atomic mass is 10.1. The van der Waals surface area contributed by atoms with Crippen LogP contribution in [0.15, 0.2) is 22.7 Å². The Labute approximate surface area is 150 Å². The fourth-order valence-corrected chi connectivity index (χ4v) is 4.17. The third-order valence-corrected chi connectivity index (χ3v) is 5.64. The molecule has 10 heteroatoms. The Hall–Kier alpha value is -1.91. The van der Waals surface area contributed by atoms with Gasteiger partial charge in [0.1, 0.15) is 6.04 Å². The molecule has 1 aromatic carbocycles. The van der Waals surface area contributed by atoms with Gasteiger partial charge in [-0.1, -0.05) is 11.2 Å². The maximum absolute atomic E-state index is 13.4. The number of hydrogen-bond acceptors (Lipinski definition) is 6. The molecule has 0 saturated carbocycles. The number of hydrogen-bond donors (Lipinski definition) is 0. The molecular weight excluding hydrogens is 366 g/mol. The van der Waals surface area contributed by atoms with Crippen LogP contribution in [0.3, 0.4) is 0 Å². The number of rotatable bonds is 4. The molecule has 0 N–H and O–H groups in total. The summed E-state index contributed by atoms with van der Waals surface area (Å²) in [6, 6.07) is 3.24. The van der Waals surface area contributed by atoms with Crippen molar-refractivity contribution in [1.29, 1.82) is 0 Å². The largest absolute Gasteiger partial charge is 0.338 e. The van der Waals surface area contributed by atoms with Crippen molar-refractivity contribution in [2.24, 2.45) is 0 Å². The average molecular weight is 386 g/mol. The Morgan fingerprint density at radius 1 is 1.23 bits per heavy atom. The molecule has 26 heavy (non-hydrogen) atoms. The van der Waals surface area contributed by atoms with E-state index in [0.29, 0.717) is 37.4 Å². The van der Waals surface area contributed by atoms with E-state index in [-0.39, 0.29) is 12.4 Å². The van der Waals surface area contributed by atoms with Gasteiger partial charge in [-0.25, -0.2) is 17.2 Å². The molecule has 0 bridgehead atoms. The van der Waals surface area contributed by atoms with Gasteiger partial charge in [-0.15, -0.1) is 0 Å². The summed E-state index contributed by atoms with van der Waals surface area (Å²) in [5, 5.41) is 3.75. The standard InChI is InChI=1S/C16H20F2N4O3S/c1-11-19-16(25-20-11)15-5-6-21(7-8-22(15)26(2,23)24)10-12-3-4-13(17)14(18)9-12/h3-4,9,15H,5-8,10H2,1-2H3. The van der Waals surface area contributed by atoms with Crippen LogP contribution in [0.5, 0.6) is 0 Å². The van der Waals surface area contributed by atoms with Crippen molar-refractivity contribution in [3.05, 3.63) is 47.1 Å². The maximum atomic E-state index is 13.4. The van der Waals surface area contributed by atoms with Gasteiger partial charge in [0.05, 0.1) is 6.26 Å². The van der Waals surface area contributed by atoms with E-state index in [1.807, 2.05) is 4.90 Å². The van der Waals surface area contributed by atoms with Crippen LogP contribution in [0.2, 0.25) is 0 Å². The van der Waals surface area contributed by atoms with Crippen LogP contribution in [-0.4, -0.2) is 53.7 Å². The minimum atomic E-state index is -3.48. The van der Waals surface area contributed by atoms with Gasteiger partial charge in [-0.2, -0.15) is 9.29 Å². The first kappa shape index (κ1) is 18.9. The molecule has 1 saturated heterocycles. The van der Waals surface area contributed by atoms with Gasteiger partial charge in [0, 0.05) is 26.2 Å². The molecule has 0 radical (unpaired) electrons. The lowest BCUT2D eigenvalue weighted by Crippen LogP contribution is -2.36. The Bertz CT molecular complexity index is 887. The highest BCUT2D eigenvalue weighted by Gasteiger charge is 2.34. The quantitative estimate of drug-likeness (QED) is 0.798. The van der Waals surface area contributed by atoms with Crippen LogP contribution < -0.4 is 0 Å². The van der Waals surface area contributed by atoms with Gasteiger partial charge in [-0.05, 0) is 31.0 Å². The molecule has 1 aliphatic rings. The van der Waals surface area contributed by atoms with Gasteiger partial charge in [-0.3, -0.25) is 4.90 Å². The number of aryl methyl sites for hydroxylation is 1. The van der Waals surface area contributed by atoms with Crippen molar-refractivity contribution in [2.75, 3.05) is 25.9 Å². The average Bonchev–Trinajstić information content (AvgIpc) is 2.86. The van der Waals surface area contributed by atoms with E-state index < -0.39 is 27.7 Å². The normalized spacial score (nSPS) is 20.2. The summed E-state index contributed by atoms with van der Waals surface area (Å²) >= 11 is 0. The molecule has 0 amide bonds. The van der Waals surface area contributed by atoms with Gasteiger partial charge in [0.15, 0.2) is 17.5 Å². The smallest absolute Gasteiger partial charge is 0.245 e. The molecular formula is C16H20F2N4O3S. The maximum Gasteiger partial charge on any atom is 0.245 e. The third kappa shape index (κ3) is 4.25. The first-order valence-corrected chi connectivity index (χ1v) is 10.0. The van der Waals surface area contributed by atoms with Crippen LogP contribution in [0, 0.1) is 18.6 Å². The lowest BCUT2D eigenvalue weighted by molar-refractivity contribution is 0.257. The number of sulfonamides is 1. The molecule has 7 nitrogen and oxygen atoms in total. The Morgan fingerprint density at radius 3 is 2.62 bits per heavy atom. The van der Waals surface area contributed by atoms with Crippen molar-refractivity contribution >= 4 is 10.0 Å². The van der Waals surface area contributed by atoms with Gasteiger partial charge in [0.25, 0.3) is 0 Å². The predicted octanol–water partition coefficient (Wildman–Crippen LogP) is 1.86. The summed E-state index contributed by atoms with van der Waals surface area (Å²) in [6.45, 7) is 3.32. The Morgan fingerprint density at radius 2 is 2.00 bits per heavy atom. The Kier molecular flexibility index (Phi) is 5.35. The van der Waals surface area contributed by atoms with E-state index >= 15 is 0 Å². The van der Waals surface area contributed by atoms with Crippen LogP contribution in [0.1, 0.15) is 29.7 Å². The molecule has 2 aromatic rings. The van der Waals surface area contributed by atoms with Crippen LogP contribution in [0.4, 0.5) is 8.78 Å². The summed E-state index contributed by atoms with van der Waals surface area (Å²) < 4.78 is 57.4. The minimum Gasteiger partial charge on any atom is -0.338 e. The van der Waals surface area contributed by atoms with Crippen molar-refractivity contribution in [3.8, 4) is 0 Å². The topological polar surface area (TPSA) is 79.5 Å². The first-order valence-electron chi connectivity index (χ1n) is 8.17. The minimum absolute atomic E-state index is 0.245. The van der Waals surface area contributed by atoms with Crippen molar-refractivity contribution < 1.29 is 21.7 Å². The van der Waals surface area contributed by atoms with Crippen LogP contribution >= 0.6 is 0 Å². The number of benzene rings is 1. The fraction of sp³-hybridized carbons (Fsp3) is 0.500. The molecule has 0 aliphatic carbocycles. The Balaban J connectivity index is 1.79. The highest BCUT2D eigenvalue weighted by atomic mass is 32.2. The molecule has 3 rings (SSSR count). The van der Waals surface area contributed by atoms with Crippen LogP contribution in [-0.2, 0) is 16.6 Å². The van der Waals surface area contributed by atoms with Crippen molar-refractivity contribution in [2.45, 2.75) is 25.9 Å². The van der Waals surface area contributed by atoms with E-state index in [2.05, 4.69) is 10.1 Å². The molecule has 2 heterocycles. The molecule has 1 unspecified atom stereocenters. The number of aromatic nitrogens is 2. The lowest BCUT2D eigenvalue weighted by Gasteiger charge is -2.24. The fourth-order valence-electron chi connectivity index (χ4n) is 3.10. The molecule has 1 atom stereocenters. The van der Waals surface area contributed by atoms with Gasteiger partial charge >= 0.3 is 0 Å². The van der Waals surface area contributed by atoms with E-state index in [1.54, 1.807) is 6.92 Å². The second-order valence-corrected chi connectivity index (χ2v) is 8.32. The second kappa shape index (κ2) is 7.37. The molecule has 1 aliphatic heterocycles. The molecule has 0 spiro atoms. The monoisotopic (exact) mass is 386 g/mol. The van der Waals surface area contributed by atoms with E-state index in [0.717, 1.165) is 18.4 Å². The van der Waals surface area contributed by atoms with Crippen molar-refractivity contribution in [3.63, 3.8) is 0 Å². The highest BCUT2D eigenvalue weighted by Crippen LogP contribution is 2.28. The van der Waals surface area contributed by atoms with Gasteiger partial charge < -0.3 is 4.52 Å². The number of nitrogens with zero attached hydrogens (tertiary/aromatic N) is 4. The summed E-state index contributed by atoms with van der Waals surface area (Å²) in [7, 11) is -3.48. The summed E-state index contributed by atoms with van der Waals surface area (Å²) in [4.78, 5) is 6.17. The molecule has 1 fully saturated rings. The predicted molar refractivity (Wildman–Crippen MR) is 89.6 cm³/mol. The van der Waals surface area contributed by atoms with E-state index in [1.165, 1.54) is 10.4 Å².